The highest BCUT2D eigenvalue weighted by atomic mass is 32.2. The van der Waals surface area contributed by atoms with Crippen LogP contribution in [-0.2, 0) is 0 Å². The second-order valence-corrected chi connectivity index (χ2v) is 6.15. The van der Waals surface area contributed by atoms with Crippen molar-refractivity contribution < 1.29 is 9.59 Å². The van der Waals surface area contributed by atoms with Crippen LogP contribution in [0.5, 0.6) is 0 Å². The van der Waals surface area contributed by atoms with Crippen LogP contribution in [0.3, 0.4) is 0 Å². The second-order valence-electron chi connectivity index (χ2n) is 5.03. The third-order valence-corrected chi connectivity index (χ3v) is 4.57. The Morgan fingerprint density at radius 3 is 2.23 bits per heavy atom. The Morgan fingerprint density at radius 1 is 0.909 bits per heavy atom. The fraction of sp³-hybridized carbons (Fsp3) is 0.235. The number of imide groups is 1. The third kappa shape index (κ3) is 3.04. The molecule has 0 unspecified atom stereocenters. The molecule has 4 nitrogen and oxygen atoms in total. The average Bonchev–Trinajstić information content (AvgIpc) is 2.81. The summed E-state index contributed by atoms with van der Waals surface area (Å²) in [6.45, 7) is 0.481. The maximum absolute atomic E-state index is 12.2. The van der Waals surface area contributed by atoms with Gasteiger partial charge in [-0.25, -0.2) is 4.98 Å². The smallest absolute Gasteiger partial charge is 0.261 e. The average molecular weight is 312 g/mol. The van der Waals surface area contributed by atoms with E-state index in [1.807, 2.05) is 18.2 Å². The Morgan fingerprint density at radius 2 is 1.59 bits per heavy atom. The van der Waals surface area contributed by atoms with Crippen molar-refractivity contribution in [1.29, 1.82) is 0 Å². The fourth-order valence-corrected chi connectivity index (χ4v) is 3.29. The van der Waals surface area contributed by atoms with Crippen LogP contribution >= 0.6 is 11.8 Å². The molecule has 0 fully saturated rings. The number of hydrogen-bond acceptors (Lipinski definition) is 4. The van der Waals surface area contributed by atoms with Gasteiger partial charge in [-0.2, -0.15) is 0 Å². The van der Waals surface area contributed by atoms with Crippen molar-refractivity contribution in [3.8, 4) is 0 Å². The van der Waals surface area contributed by atoms with Gasteiger partial charge in [-0.05, 0) is 42.9 Å². The SMILES string of the molecule is O=C1c2ccccc2C(=O)N1CCCCSc1ccccn1. The van der Waals surface area contributed by atoms with Gasteiger partial charge in [0.2, 0.25) is 0 Å². The normalized spacial score (nSPS) is 13.5. The fourth-order valence-electron chi connectivity index (χ4n) is 2.42. The summed E-state index contributed by atoms with van der Waals surface area (Å²) in [5.74, 6) is 0.594. The molecule has 0 spiro atoms. The van der Waals surface area contributed by atoms with Crippen molar-refractivity contribution in [1.82, 2.24) is 9.88 Å². The van der Waals surface area contributed by atoms with E-state index in [2.05, 4.69) is 4.98 Å². The predicted molar refractivity (Wildman–Crippen MR) is 86.0 cm³/mol. The molecule has 1 aromatic carbocycles. The lowest BCUT2D eigenvalue weighted by Gasteiger charge is -2.13. The van der Waals surface area contributed by atoms with Gasteiger partial charge in [0.25, 0.3) is 11.8 Å². The number of rotatable bonds is 6. The lowest BCUT2D eigenvalue weighted by molar-refractivity contribution is 0.0652. The quantitative estimate of drug-likeness (QED) is 0.467. The van der Waals surface area contributed by atoms with E-state index in [0.717, 1.165) is 23.6 Å². The van der Waals surface area contributed by atoms with Gasteiger partial charge < -0.3 is 0 Å². The van der Waals surface area contributed by atoms with Crippen molar-refractivity contribution in [3.63, 3.8) is 0 Å². The summed E-state index contributed by atoms with van der Waals surface area (Å²) in [6.07, 6.45) is 3.53. The Bertz CT molecular complexity index is 653. The van der Waals surface area contributed by atoms with Gasteiger partial charge >= 0.3 is 0 Å². The minimum atomic E-state index is -0.169. The molecule has 0 aliphatic carbocycles. The molecule has 5 heteroatoms. The van der Waals surface area contributed by atoms with Crippen molar-refractivity contribution in [3.05, 3.63) is 59.8 Å². The number of pyridine rings is 1. The molecule has 0 saturated heterocycles. The zero-order valence-corrected chi connectivity index (χ0v) is 12.9. The molecule has 1 aromatic heterocycles. The first-order valence-corrected chi connectivity index (χ1v) is 8.25. The molecule has 22 heavy (non-hydrogen) atoms. The van der Waals surface area contributed by atoms with E-state index >= 15 is 0 Å². The number of fused-ring (bicyclic) bond motifs is 1. The number of thioether (sulfide) groups is 1. The summed E-state index contributed by atoms with van der Waals surface area (Å²) < 4.78 is 0. The Kier molecular flexibility index (Phi) is 4.53. The molecule has 2 heterocycles. The molecule has 1 aliphatic heterocycles. The van der Waals surface area contributed by atoms with E-state index in [1.165, 1.54) is 4.90 Å². The number of benzene rings is 1. The van der Waals surface area contributed by atoms with Gasteiger partial charge in [0.05, 0.1) is 16.2 Å². The first-order valence-electron chi connectivity index (χ1n) is 7.26. The van der Waals surface area contributed by atoms with E-state index < -0.39 is 0 Å². The van der Waals surface area contributed by atoms with Gasteiger partial charge in [-0.3, -0.25) is 14.5 Å². The van der Waals surface area contributed by atoms with Gasteiger partial charge in [-0.1, -0.05) is 18.2 Å². The summed E-state index contributed by atoms with van der Waals surface area (Å²) in [6, 6.07) is 12.8. The summed E-state index contributed by atoms with van der Waals surface area (Å²) in [5, 5.41) is 1.00. The number of hydrogen-bond donors (Lipinski definition) is 0. The zero-order chi connectivity index (χ0) is 15.4. The van der Waals surface area contributed by atoms with Crippen molar-refractivity contribution in [2.75, 3.05) is 12.3 Å². The van der Waals surface area contributed by atoms with Crippen LogP contribution in [0.4, 0.5) is 0 Å². The van der Waals surface area contributed by atoms with E-state index in [-0.39, 0.29) is 11.8 Å². The largest absolute Gasteiger partial charge is 0.274 e. The summed E-state index contributed by atoms with van der Waals surface area (Å²) in [5.41, 5.74) is 1.05. The molecule has 1 aliphatic rings. The van der Waals surface area contributed by atoms with Gasteiger partial charge in [0.15, 0.2) is 0 Å². The minimum Gasteiger partial charge on any atom is -0.274 e. The molecule has 2 aromatic rings. The molecule has 112 valence electrons. The number of nitrogens with zero attached hydrogens (tertiary/aromatic N) is 2. The molecule has 0 N–H and O–H groups in total. The first-order chi connectivity index (χ1) is 10.8. The van der Waals surface area contributed by atoms with Gasteiger partial charge in [-0.15, -0.1) is 11.8 Å². The van der Waals surface area contributed by atoms with Crippen molar-refractivity contribution in [2.24, 2.45) is 0 Å². The standard InChI is InChI=1S/C17H16N2O2S/c20-16-13-7-1-2-8-14(13)17(21)19(16)11-5-6-12-22-15-9-3-4-10-18-15/h1-4,7-10H,5-6,11-12H2. The lowest BCUT2D eigenvalue weighted by Crippen LogP contribution is -2.30. The van der Waals surface area contributed by atoms with Crippen LogP contribution in [-0.4, -0.2) is 34.0 Å². The molecule has 0 saturated carbocycles. The summed E-state index contributed by atoms with van der Waals surface area (Å²) in [7, 11) is 0. The van der Waals surface area contributed by atoms with Crippen molar-refractivity contribution >= 4 is 23.6 Å². The molecule has 2 amide bonds. The molecule has 0 radical (unpaired) electrons. The van der Waals surface area contributed by atoms with Crippen LogP contribution in [0.25, 0.3) is 0 Å². The zero-order valence-electron chi connectivity index (χ0n) is 12.1. The molecular formula is C17H16N2O2S. The summed E-state index contributed by atoms with van der Waals surface area (Å²) in [4.78, 5) is 30.0. The Balaban J connectivity index is 1.47. The maximum Gasteiger partial charge on any atom is 0.261 e. The number of aromatic nitrogens is 1. The lowest BCUT2D eigenvalue weighted by atomic mass is 10.1. The minimum absolute atomic E-state index is 0.169. The van der Waals surface area contributed by atoms with E-state index in [9.17, 15) is 9.59 Å². The van der Waals surface area contributed by atoms with Crippen LogP contribution in [0.1, 0.15) is 33.6 Å². The Hall–Kier alpha value is -2.14. The van der Waals surface area contributed by atoms with Crippen LogP contribution < -0.4 is 0 Å². The van der Waals surface area contributed by atoms with E-state index in [4.69, 9.17) is 0 Å². The van der Waals surface area contributed by atoms with Crippen molar-refractivity contribution in [2.45, 2.75) is 17.9 Å². The first kappa shape index (κ1) is 14.8. The highest BCUT2D eigenvalue weighted by Gasteiger charge is 2.34. The number of carbonyl (C=O) groups excluding carboxylic acids is 2. The molecule has 0 bridgehead atoms. The molecule has 3 rings (SSSR count). The number of amides is 2. The highest BCUT2D eigenvalue weighted by Crippen LogP contribution is 2.23. The molecule has 0 atom stereocenters. The number of carbonyl (C=O) groups is 2. The number of unbranched alkanes of at least 4 members (excludes halogenated alkanes) is 1. The van der Waals surface area contributed by atoms with Crippen LogP contribution in [0, 0.1) is 0 Å². The van der Waals surface area contributed by atoms with Gasteiger partial charge in [0.1, 0.15) is 0 Å². The highest BCUT2D eigenvalue weighted by molar-refractivity contribution is 7.99. The van der Waals surface area contributed by atoms with Crippen LogP contribution in [0.2, 0.25) is 0 Å². The van der Waals surface area contributed by atoms with E-state index in [1.54, 1.807) is 42.2 Å². The van der Waals surface area contributed by atoms with Gasteiger partial charge in [0, 0.05) is 12.7 Å². The Labute approximate surface area is 133 Å². The topological polar surface area (TPSA) is 50.3 Å². The second kappa shape index (κ2) is 6.75. The maximum atomic E-state index is 12.2. The summed E-state index contributed by atoms with van der Waals surface area (Å²) >= 11 is 1.69. The van der Waals surface area contributed by atoms with E-state index in [0.29, 0.717) is 17.7 Å². The third-order valence-electron chi connectivity index (χ3n) is 3.54. The monoisotopic (exact) mass is 312 g/mol. The van der Waals surface area contributed by atoms with Crippen LogP contribution in [0.15, 0.2) is 53.7 Å². The molecular weight excluding hydrogens is 296 g/mol. The predicted octanol–water partition coefficient (Wildman–Crippen LogP) is 3.25.